The zero-order valence-electron chi connectivity index (χ0n) is 14.7. The molecule has 3 aromatic rings. The molecule has 0 aliphatic carbocycles. The molecular weight excluding hydrogens is 370 g/mol. The average Bonchev–Trinajstić information content (AvgIpc) is 2.62. The van der Waals surface area contributed by atoms with Gasteiger partial charge in [-0.3, -0.25) is 9.59 Å². The van der Waals surface area contributed by atoms with Crippen LogP contribution in [0, 0.1) is 13.8 Å². The minimum Gasteiger partial charge on any atom is -0.450 e. The second-order valence-electron chi connectivity index (χ2n) is 6.06. The van der Waals surface area contributed by atoms with Gasteiger partial charge < -0.3 is 14.5 Å². The van der Waals surface area contributed by atoms with Crippen molar-refractivity contribution in [2.45, 2.75) is 13.8 Å². The Labute approximate surface area is 159 Å². The molecule has 1 amide bonds. The van der Waals surface area contributed by atoms with E-state index < -0.39 is 23.9 Å². The fraction of sp³-hybridized carbons (Fsp3) is 0.150. The maximum atomic E-state index is 12.1. The summed E-state index contributed by atoms with van der Waals surface area (Å²) < 4.78 is 10.3. The van der Waals surface area contributed by atoms with Gasteiger partial charge in [0, 0.05) is 16.8 Å². The van der Waals surface area contributed by atoms with Crippen LogP contribution in [-0.2, 0) is 9.53 Å². The number of anilines is 1. The lowest BCUT2D eigenvalue weighted by atomic mass is 10.1. The van der Waals surface area contributed by atoms with Crippen molar-refractivity contribution in [3.63, 3.8) is 0 Å². The van der Waals surface area contributed by atoms with Crippen molar-refractivity contribution in [3.05, 3.63) is 74.6 Å². The van der Waals surface area contributed by atoms with E-state index in [9.17, 15) is 14.4 Å². The lowest BCUT2D eigenvalue weighted by Crippen LogP contribution is -2.21. The van der Waals surface area contributed by atoms with Crippen LogP contribution in [0.15, 0.2) is 51.7 Å². The van der Waals surface area contributed by atoms with Crippen LogP contribution in [0.5, 0.6) is 0 Å². The Morgan fingerprint density at radius 2 is 1.89 bits per heavy atom. The number of esters is 1. The molecule has 2 aromatic carbocycles. The maximum absolute atomic E-state index is 12.1. The van der Waals surface area contributed by atoms with Crippen LogP contribution in [0.3, 0.4) is 0 Å². The van der Waals surface area contributed by atoms with Gasteiger partial charge in [-0.15, -0.1) is 0 Å². The standard InChI is InChI=1S/C20H16ClNO5/c1-11-3-5-15(12(2)7-11)22-19(24)10-26-20(25)18-9-16(23)14-8-13(21)4-6-17(14)27-18/h3-9H,10H2,1-2H3,(H,22,24). The van der Waals surface area contributed by atoms with Crippen LogP contribution in [0.4, 0.5) is 5.69 Å². The number of fused-ring (bicyclic) bond motifs is 1. The Hall–Kier alpha value is -3.12. The molecular formula is C20H16ClNO5. The fourth-order valence-corrected chi connectivity index (χ4v) is 2.74. The SMILES string of the molecule is Cc1ccc(NC(=O)COC(=O)c2cc(=O)c3cc(Cl)ccc3o2)c(C)c1. The van der Waals surface area contributed by atoms with Gasteiger partial charge in [-0.1, -0.05) is 29.3 Å². The Morgan fingerprint density at radius 1 is 1.11 bits per heavy atom. The summed E-state index contributed by atoms with van der Waals surface area (Å²) >= 11 is 5.85. The number of hydrogen-bond donors (Lipinski definition) is 1. The zero-order chi connectivity index (χ0) is 19.6. The van der Waals surface area contributed by atoms with Gasteiger partial charge in [0.1, 0.15) is 5.58 Å². The molecule has 0 aliphatic heterocycles. The molecule has 0 atom stereocenters. The third-order valence-electron chi connectivity index (χ3n) is 3.88. The van der Waals surface area contributed by atoms with E-state index in [4.69, 9.17) is 20.8 Å². The molecule has 1 N–H and O–H groups in total. The Balaban J connectivity index is 1.68. The van der Waals surface area contributed by atoms with E-state index in [-0.39, 0.29) is 16.7 Å². The van der Waals surface area contributed by atoms with E-state index in [2.05, 4.69) is 5.32 Å². The lowest BCUT2D eigenvalue weighted by molar-refractivity contribution is -0.119. The Kier molecular flexibility index (Phi) is 5.28. The molecule has 7 heteroatoms. The van der Waals surface area contributed by atoms with Crippen LogP contribution >= 0.6 is 11.6 Å². The molecule has 0 saturated heterocycles. The van der Waals surface area contributed by atoms with Gasteiger partial charge in [-0.25, -0.2) is 4.79 Å². The molecule has 0 spiro atoms. The van der Waals surface area contributed by atoms with Gasteiger partial charge in [0.15, 0.2) is 12.0 Å². The van der Waals surface area contributed by atoms with Crippen molar-refractivity contribution < 1.29 is 18.7 Å². The third kappa shape index (κ3) is 4.35. The van der Waals surface area contributed by atoms with E-state index >= 15 is 0 Å². The van der Waals surface area contributed by atoms with Crippen LogP contribution in [-0.4, -0.2) is 18.5 Å². The monoisotopic (exact) mass is 385 g/mol. The minimum atomic E-state index is -0.903. The number of carbonyl (C=O) groups excluding carboxylic acids is 2. The smallest absolute Gasteiger partial charge is 0.374 e. The summed E-state index contributed by atoms with van der Waals surface area (Å²) in [5.41, 5.74) is 2.39. The molecule has 0 fully saturated rings. The van der Waals surface area contributed by atoms with Gasteiger partial charge in [-0.05, 0) is 43.7 Å². The summed E-state index contributed by atoms with van der Waals surface area (Å²) in [4.78, 5) is 36.2. The third-order valence-corrected chi connectivity index (χ3v) is 4.12. The predicted molar refractivity (Wildman–Crippen MR) is 102 cm³/mol. The van der Waals surface area contributed by atoms with Crippen LogP contribution in [0.2, 0.25) is 5.02 Å². The van der Waals surface area contributed by atoms with Gasteiger partial charge in [-0.2, -0.15) is 0 Å². The highest BCUT2D eigenvalue weighted by atomic mass is 35.5. The van der Waals surface area contributed by atoms with Crippen LogP contribution in [0.1, 0.15) is 21.7 Å². The van der Waals surface area contributed by atoms with Crippen molar-refractivity contribution >= 4 is 40.1 Å². The molecule has 0 aliphatic rings. The molecule has 3 rings (SSSR count). The number of rotatable bonds is 4. The second-order valence-corrected chi connectivity index (χ2v) is 6.49. The predicted octanol–water partition coefficient (Wildman–Crippen LogP) is 3.86. The summed E-state index contributed by atoms with van der Waals surface area (Å²) in [6.07, 6.45) is 0. The molecule has 1 aromatic heterocycles. The lowest BCUT2D eigenvalue weighted by Gasteiger charge is -2.09. The fourth-order valence-electron chi connectivity index (χ4n) is 2.57. The summed E-state index contributed by atoms with van der Waals surface area (Å²) in [6.45, 7) is 3.31. The van der Waals surface area contributed by atoms with Gasteiger partial charge in [0.25, 0.3) is 5.91 Å². The Morgan fingerprint density at radius 3 is 2.63 bits per heavy atom. The van der Waals surface area contributed by atoms with E-state index in [1.54, 1.807) is 12.1 Å². The van der Waals surface area contributed by atoms with E-state index in [0.29, 0.717) is 10.7 Å². The highest BCUT2D eigenvalue weighted by Gasteiger charge is 2.16. The number of carbonyl (C=O) groups is 2. The first kappa shape index (κ1) is 18.7. The molecule has 1 heterocycles. The number of amides is 1. The minimum absolute atomic E-state index is 0.207. The summed E-state index contributed by atoms with van der Waals surface area (Å²) in [5, 5.41) is 3.31. The topological polar surface area (TPSA) is 85.6 Å². The number of ether oxygens (including phenoxy) is 1. The van der Waals surface area contributed by atoms with Crippen LogP contribution in [0.25, 0.3) is 11.0 Å². The van der Waals surface area contributed by atoms with Gasteiger partial charge in [0.2, 0.25) is 5.76 Å². The highest BCUT2D eigenvalue weighted by Crippen LogP contribution is 2.18. The van der Waals surface area contributed by atoms with E-state index in [1.165, 1.54) is 12.1 Å². The quantitative estimate of drug-likeness (QED) is 0.689. The van der Waals surface area contributed by atoms with Gasteiger partial charge >= 0.3 is 5.97 Å². The summed E-state index contributed by atoms with van der Waals surface area (Å²) in [7, 11) is 0. The highest BCUT2D eigenvalue weighted by molar-refractivity contribution is 6.31. The molecule has 0 unspecified atom stereocenters. The van der Waals surface area contributed by atoms with Gasteiger partial charge in [0.05, 0.1) is 5.39 Å². The molecule has 27 heavy (non-hydrogen) atoms. The van der Waals surface area contributed by atoms with E-state index in [0.717, 1.165) is 17.2 Å². The average molecular weight is 386 g/mol. The molecule has 0 saturated carbocycles. The largest absolute Gasteiger partial charge is 0.450 e. The molecule has 138 valence electrons. The summed E-state index contributed by atoms with van der Waals surface area (Å²) in [6, 6.07) is 11.1. The van der Waals surface area contributed by atoms with E-state index in [1.807, 2.05) is 26.0 Å². The first-order chi connectivity index (χ1) is 12.8. The first-order valence-electron chi connectivity index (χ1n) is 8.11. The van der Waals surface area contributed by atoms with Crippen molar-refractivity contribution in [1.82, 2.24) is 0 Å². The van der Waals surface area contributed by atoms with Crippen molar-refractivity contribution in [1.29, 1.82) is 0 Å². The summed E-state index contributed by atoms with van der Waals surface area (Å²) in [5.74, 6) is -1.68. The molecule has 6 nitrogen and oxygen atoms in total. The van der Waals surface area contributed by atoms with Crippen LogP contribution < -0.4 is 10.7 Å². The number of benzene rings is 2. The van der Waals surface area contributed by atoms with Crippen molar-refractivity contribution in [2.24, 2.45) is 0 Å². The normalized spacial score (nSPS) is 10.6. The molecule has 0 radical (unpaired) electrons. The number of halogens is 1. The Bertz CT molecular complexity index is 1100. The van der Waals surface area contributed by atoms with Crippen molar-refractivity contribution in [2.75, 3.05) is 11.9 Å². The number of nitrogens with one attached hydrogen (secondary N) is 1. The van der Waals surface area contributed by atoms with Crippen molar-refractivity contribution in [3.8, 4) is 0 Å². The zero-order valence-corrected chi connectivity index (χ0v) is 15.4. The number of hydrogen-bond acceptors (Lipinski definition) is 5. The molecule has 0 bridgehead atoms. The maximum Gasteiger partial charge on any atom is 0.374 e. The number of aryl methyl sites for hydroxylation is 2. The second kappa shape index (κ2) is 7.63. The first-order valence-corrected chi connectivity index (χ1v) is 8.49.